The lowest BCUT2D eigenvalue weighted by Gasteiger charge is -2.34. The highest BCUT2D eigenvalue weighted by Crippen LogP contribution is 2.33. The average molecular weight is 297 g/mol. The number of amides is 1. The van der Waals surface area contributed by atoms with Crippen LogP contribution in [0.5, 0.6) is 0 Å². The van der Waals surface area contributed by atoms with Gasteiger partial charge in [0.2, 0.25) is 5.91 Å². The lowest BCUT2D eigenvalue weighted by Crippen LogP contribution is -2.53. The van der Waals surface area contributed by atoms with Gasteiger partial charge in [0.15, 0.2) is 11.6 Å². The number of aliphatic carboxylic acids is 1. The summed E-state index contributed by atoms with van der Waals surface area (Å²) in [6.07, 6.45) is 0.937. The molecule has 0 radical (unpaired) electrons. The van der Waals surface area contributed by atoms with E-state index in [0.717, 1.165) is 6.07 Å². The van der Waals surface area contributed by atoms with Gasteiger partial charge in [-0.05, 0) is 25.3 Å². The molecular formula is C15H17F2NO3. The predicted octanol–water partition coefficient (Wildman–Crippen LogP) is 2.36. The summed E-state index contributed by atoms with van der Waals surface area (Å²) in [6.45, 7) is 2.04. The highest BCUT2D eigenvalue weighted by Gasteiger charge is 2.48. The van der Waals surface area contributed by atoms with Crippen LogP contribution in [0.3, 0.4) is 0 Å². The van der Waals surface area contributed by atoms with Crippen molar-refractivity contribution in [2.24, 2.45) is 0 Å². The number of carbonyl (C=O) groups excluding carboxylic acids is 1. The highest BCUT2D eigenvalue weighted by atomic mass is 19.2. The van der Waals surface area contributed by atoms with Crippen LogP contribution in [0.2, 0.25) is 0 Å². The van der Waals surface area contributed by atoms with Crippen molar-refractivity contribution in [1.82, 2.24) is 4.90 Å². The van der Waals surface area contributed by atoms with Gasteiger partial charge in [-0.15, -0.1) is 0 Å². The summed E-state index contributed by atoms with van der Waals surface area (Å²) < 4.78 is 26.8. The smallest absolute Gasteiger partial charge is 0.329 e. The molecule has 1 unspecified atom stereocenters. The molecule has 0 saturated carbocycles. The van der Waals surface area contributed by atoms with Gasteiger partial charge in [0.25, 0.3) is 0 Å². The maximum absolute atomic E-state index is 13.6. The average Bonchev–Trinajstić information content (AvgIpc) is 2.89. The molecule has 21 heavy (non-hydrogen) atoms. The Balaban J connectivity index is 2.24. The lowest BCUT2D eigenvalue weighted by molar-refractivity contribution is -0.156. The largest absolute Gasteiger partial charge is 0.479 e. The van der Waals surface area contributed by atoms with E-state index in [1.165, 1.54) is 17.0 Å². The normalized spacial score (nSPS) is 21.6. The monoisotopic (exact) mass is 297 g/mol. The molecule has 1 saturated heterocycles. The number of nitrogens with zero attached hydrogens (tertiary/aromatic N) is 1. The van der Waals surface area contributed by atoms with Crippen LogP contribution in [-0.2, 0) is 16.0 Å². The van der Waals surface area contributed by atoms with Gasteiger partial charge in [0, 0.05) is 12.1 Å². The molecular weight excluding hydrogens is 280 g/mol. The van der Waals surface area contributed by atoms with E-state index in [9.17, 15) is 23.5 Å². The van der Waals surface area contributed by atoms with Crippen molar-refractivity contribution >= 4 is 11.9 Å². The first kappa shape index (κ1) is 15.4. The number of hydrogen-bond donors (Lipinski definition) is 1. The molecule has 0 aromatic heterocycles. The quantitative estimate of drug-likeness (QED) is 0.928. The van der Waals surface area contributed by atoms with Gasteiger partial charge in [0.1, 0.15) is 5.54 Å². The van der Waals surface area contributed by atoms with Crippen molar-refractivity contribution < 1.29 is 23.5 Å². The fourth-order valence-electron chi connectivity index (χ4n) is 2.93. The van der Waals surface area contributed by atoms with Crippen LogP contribution in [0.4, 0.5) is 8.78 Å². The molecule has 1 aliphatic heterocycles. The summed E-state index contributed by atoms with van der Waals surface area (Å²) in [6, 6.07) is 3.64. The van der Waals surface area contributed by atoms with E-state index >= 15 is 0 Å². The van der Waals surface area contributed by atoms with Crippen LogP contribution in [0.25, 0.3) is 0 Å². The molecule has 6 heteroatoms. The predicted molar refractivity (Wildman–Crippen MR) is 71.7 cm³/mol. The molecule has 0 spiro atoms. The van der Waals surface area contributed by atoms with Crippen LogP contribution in [0.15, 0.2) is 18.2 Å². The van der Waals surface area contributed by atoms with Crippen molar-refractivity contribution in [3.63, 3.8) is 0 Å². The number of hydrogen-bond acceptors (Lipinski definition) is 2. The van der Waals surface area contributed by atoms with Gasteiger partial charge in [0.05, 0.1) is 6.42 Å². The molecule has 1 N–H and O–H groups in total. The summed E-state index contributed by atoms with van der Waals surface area (Å²) in [4.78, 5) is 25.1. The molecule has 1 aliphatic rings. The molecule has 1 heterocycles. The van der Waals surface area contributed by atoms with Crippen LogP contribution in [0, 0.1) is 11.6 Å². The Morgan fingerprint density at radius 1 is 1.38 bits per heavy atom. The van der Waals surface area contributed by atoms with E-state index in [1.807, 2.05) is 0 Å². The van der Waals surface area contributed by atoms with E-state index < -0.39 is 29.0 Å². The molecule has 1 fully saturated rings. The second-order valence-electron chi connectivity index (χ2n) is 5.23. The van der Waals surface area contributed by atoms with Crippen LogP contribution in [0.1, 0.15) is 31.7 Å². The number of carboxylic acids is 1. The first-order valence-electron chi connectivity index (χ1n) is 6.89. The highest BCUT2D eigenvalue weighted by molar-refractivity contribution is 5.88. The van der Waals surface area contributed by atoms with Gasteiger partial charge in [-0.1, -0.05) is 19.1 Å². The fraction of sp³-hybridized carbons (Fsp3) is 0.467. The van der Waals surface area contributed by atoms with E-state index in [4.69, 9.17) is 0 Å². The summed E-state index contributed by atoms with van der Waals surface area (Å²) in [5.41, 5.74) is -1.27. The maximum atomic E-state index is 13.6. The molecule has 1 aromatic carbocycles. The minimum absolute atomic E-state index is 0.0534. The SMILES string of the molecule is CCC1(C(=O)O)CCCN1C(=O)Cc1cccc(F)c1F. The number of carboxylic acid groups (broad SMARTS) is 1. The van der Waals surface area contributed by atoms with Gasteiger partial charge in [-0.2, -0.15) is 0 Å². The Hall–Kier alpha value is -1.98. The Morgan fingerprint density at radius 2 is 2.10 bits per heavy atom. The first-order valence-corrected chi connectivity index (χ1v) is 6.89. The van der Waals surface area contributed by atoms with Crippen molar-refractivity contribution in [1.29, 1.82) is 0 Å². The van der Waals surface area contributed by atoms with Crippen molar-refractivity contribution in [3.8, 4) is 0 Å². The minimum Gasteiger partial charge on any atom is -0.479 e. The Bertz CT molecular complexity index is 576. The third-order valence-corrected chi connectivity index (χ3v) is 4.15. The van der Waals surface area contributed by atoms with Crippen LogP contribution in [-0.4, -0.2) is 34.0 Å². The molecule has 1 aromatic rings. The van der Waals surface area contributed by atoms with Gasteiger partial charge >= 0.3 is 5.97 Å². The summed E-state index contributed by atoms with van der Waals surface area (Å²) in [7, 11) is 0. The fourth-order valence-corrected chi connectivity index (χ4v) is 2.93. The molecule has 1 amide bonds. The second kappa shape index (κ2) is 5.79. The summed E-state index contributed by atoms with van der Waals surface area (Å²) in [5, 5.41) is 9.42. The molecule has 114 valence electrons. The standard InChI is InChI=1S/C15H17F2NO3/c1-2-15(14(20)21)7-4-8-18(15)12(19)9-10-5-3-6-11(16)13(10)17/h3,5-6H,2,4,7-9H2,1H3,(H,20,21). The van der Waals surface area contributed by atoms with E-state index in [-0.39, 0.29) is 12.0 Å². The summed E-state index contributed by atoms with van der Waals surface area (Å²) in [5.74, 6) is -3.60. The van der Waals surface area contributed by atoms with E-state index in [1.54, 1.807) is 6.92 Å². The molecule has 2 rings (SSSR count). The van der Waals surface area contributed by atoms with Crippen LogP contribution < -0.4 is 0 Å². The third kappa shape index (κ3) is 2.62. The zero-order valence-electron chi connectivity index (χ0n) is 11.7. The number of rotatable bonds is 4. The lowest BCUT2D eigenvalue weighted by atomic mass is 9.92. The zero-order chi connectivity index (χ0) is 15.6. The molecule has 0 bridgehead atoms. The third-order valence-electron chi connectivity index (χ3n) is 4.15. The Kier molecular flexibility index (Phi) is 4.25. The zero-order valence-corrected chi connectivity index (χ0v) is 11.7. The maximum Gasteiger partial charge on any atom is 0.329 e. The number of benzene rings is 1. The van der Waals surface area contributed by atoms with E-state index in [2.05, 4.69) is 0 Å². The Morgan fingerprint density at radius 3 is 2.71 bits per heavy atom. The van der Waals surface area contributed by atoms with Gasteiger partial charge in [-0.25, -0.2) is 13.6 Å². The first-order chi connectivity index (χ1) is 9.92. The van der Waals surface area contributed by atoms with E-state index in [0.29, 0.717) is 25.8 Å². The van der Waals surface area contributed by atoms with Gasteiger partial charge < -0.3 is 10.0 Å². The minimum atomic E-state index is -1.22. The van der Waals surface area contributed by atoms with Crippen molar-refractivity contribution in [3.05, 3.63) is 35.4 Å². The molecule has 1 atom stereocenters. The topological polar surface area (TPSA) is 57.6 Å². The number of halogens is 2. The number of carbonyl (C=O) groups is 2. The summed E-state index contributed by atoms with van der Waals surface area (Å²) >= 11 is 0. The van der Waals surface area contributed by atoms with Crippen molar-refractivity contribution in [2.75, 3.05) is 6.54 Å². The van der Waals surface area contributed by atoms with Gasteiger partial charge in [-0.3, -0.25) is 4.79 Å². The van der Waals surface area contributed by atoms with Crippen LogP contribution >= 0.6 is 0 Å². The molecule has 0 aliphatic carbocycles. The number of likely N-dealkylation sites (tertiary alicyclic amines) is 1. The molecule has 4 nitrogen and oxygen atoms in total. The van der Waals surface area contributed by atoms with Crippen molar-refractivity contribution in [2.45, 2.75) is 38.1 Å². The Labute approximate surface area is 121 Å². The second-order valence-corrected chi connectivity index (χ2v) is 5.23.